The summed E-state index contributed by atoms with van der Waals surface area (Å²) in [5, 5.41) is 19.5. The summed E-state index contributed by atoms with van der Waals surface area (Å²) in [5.41, 5.74) is 2.00. The first-order valence-electron chi connectivity index (χ1n) is 7.55. The number of nitrogens with zero attached hydrogens (tertiary/aromatic N) is 6. The third-order valence-electron chi connectivity index (χ3n) is 4.16. The van der Waals surface area contributed by atoms with E-state index in [0.717, 1.165) is 21.4 Å². The molecule has 0 saturated carbocycles. The molecule has 0 radical (unpaired) electrons. The van der Waals surface area contributed by atoms with Crippen LogP contribution in [0.2, 0.25) is 0 Å². The van der Waals surface area contributed by atoms with E-state index in [4.69, 9.17) is 4.52 Å². The number of likely N-dealkylation sites (tertiary alicyclic amines) is 1. The van der Waals surface area contributed by atoms with Gasteiger partial charge in [0.1, 0.15) is 5.01 Å². The molecule has 4 rings (SSSR count). The molecule has 0 spiro atoms. The Morgan fingerprint density at radius 1 is 1.30 bits per heavy atom. The first-order chi connectivity index (χ1) is 11.0. The van der Waals surface area contributed by atoms with Crippen molar-refractivity contribution in [2.45, 2.75) is 45.9 Å². The maximum atomic E-state index is 10.1. The number of hydrogen-bond acceptors (Lipinski definition) is 8. The van der Waals surface area contributed by atoms with Crippen molar-refractivity contribution in [1.29, 1.82) is 0 Å². The number of imidazole rings is 1. The second kappa shape index (κ2) is 5.36. The van der Waals surface area contributed by atoms with E-state index >= 15 is 0 Å². The minimum absolute atomic E-state index is 0.0733. The molecule has 2 atom stereocenters. The summed E-state index contributed by atoms with van der Waals surface area (Å²) in [4.78, 5) is 12.0. The van der Waals surface area contributed by atoms with E-state index in [0.29, 0.717) is 31.2 Å². The Labute approximate surface area is 136 Å². The zero-order chi connectivity index (χ0) is 16.1. The predicted octanol–water partition coefficient (Wildman–Crippen LogP) is 1.41. The second-order valence-electron chi connectivity index (χ2n) is 5.97. The van der Waals surface area contributed by atoms with Crippen LogP contribution in [0.3, 0.4) is 0 Å². The SMILES string of the molecule is Cc1noc([C@H]2C[C@H](O)CN2Cc2c(C)nc3sc(C)nn23)n1. The molecule has 9 heteroatoms. The molecule has 4 heterocycles. The van der Waals surface area contributed by atoms with E-state index in [2.05, 4.69) is 25.1 Å². The van der Waals surface area contributed by atoms with Crippen LogP contribution in [0.25, 0.3) is 4.96 Å². The van der Waals surface area contributed by atoms with Crippen LogP contribution in [0.15, 0.2) is 4.52 Å². The summed E-state index contributed by atoms with van der Waals surface area (Å²) in [6.07, 6.45) is 0.201. The molecule has 3 aromatic heterocycles. The molecule has 1 aliphatic heterocycles. The number of aliphatic hydroxyl groups is 1. The van der Waals surface area contributed by atoms with Gasteiger partial charge in [0.15, 0.2) is 5.82 Å². The standard InChI is InChI=1S/C14H18N6O2S/c1-7-12(20-14(15-7)23-9(3)17-20)6-19-5-10(21)4-11(19)13-16-8(2)18-22-13/h10-11,21H,4-6H2,1-3H3/t10-,11+/m0/s1. The largest absolute Gasteiger partial charge is 0.392 e. The molecule has 0 aromatic carbocycles. The van der Waals surface area contributed by atoms with Crippen LogP contribution in [0.4, 0.5) is 0 Å². The average Bonchev–Trinajstić information content (AvgIpc) is 3.19. The number of aryl methyl sites for hydroxylation is 3. The molecule has 0 unspecified atom stereocenters. The molecule has 23 heavy (non-hydrogen) atoms. The lowest BCUT2D eigenvalue weighted by atomic mass is 10.2. The van der Waals surface area contributed by atoms with Gasteiger partial charge in [-0.15, -0.1) is 0 Å². The van der Waals surface area contributed by atoms with Gasteiger partial charge in [0.25, 0.3) is 0 Å². The number of hydrogen-bond donors (Lipinski definition) is 1. The maximum absolute atomic E-state index is 10.1. The fraction of sp³-hybridized carbons (Fsp3) is 0.571. The van der Waals surface area contributed by atoms with Gasteiger partial charge in [-0.2, -0.15) is 10.1 Å². The fourth-order valence-corrected chi connectivity index (χ4v) is 3.93. The Morgan fingerprint density at radius 2 is 2.13 bits per heavy atom. The Balaban J connectivity index is 1.66. The maximum Gasteiger partial charge on any atom is 0.244 e. The first-order valence-corrected chi connectivity index (χ1v) is 8.37. The molecule has 8 nitrogen and oxygen atoms in total. The van der Waals surface area contributed by atoms with Gasteiger partial charge in [-0.25, -0.2) is 9.50 Å². The third kappa shape index (κ3) is 2.54. The topological polar surface area (TPSA) is 92.6 Å². The molecule has 122 valence electrons. The molecule has 0 aliphatic carbocycles. The number of β-amino-alcohol motifs (C(OH)–C–C–N with tert-alkyl or cyclic N) is 1. The molecule has 0 bridgehead atoms. The van der Waals surface area contributed by atoms with Crippen LogP contribution < -0.4 is 0 Å². The lowest BCUT2D eigenvalue weighted by Crippen LogP contribution is -2.25. The zero-order valence-corrected chi connectivity index (χ0v) is 14.0. The van der Waals surface area contributed by atoms with E-state index in [1.54, 1.807) is 18.3 Å². The Bertz CT molecular complexity index is 853. The van der Waals surface area contributed by atoms with Gasteiger partial charge in [-0.1, -0.05) is 16.5 Å². The smallest absolute Gasteiger partial charge is 0.244 e. The van der Waals surface area contributed by atoms with Crippen molar-refractivity contribution in [3.05, 3.63) is 28.1 Å². The van der Waals surface area contributed by atoms with Gasteiger partial charge in [-0.3, -0.25) is 4.90 Å². The Hall–Kier alpha value is -1.84. The lowest BCUT2D eigenvalue weighted by Gasteiger charge is -2.20. The van der Waals surface area contributed by atoms with Crippen LogP contribution in [0.1, 0.15) is 40.6 Å². The summed E-state index contributed by atoms with van der Waals surface area (Å²) in [6.45, 7) is 6.97. The van der Waals surface area contributed by atoms with Gasteiger partial charge < -0.3 is 9.63 Å². The zero-order valence-electron chi connectivity index (χ0n) is 13.2. The highest BCUT2D eigenvalue weighted by atomic mass is 32.1. The van der Waals surface area contributed by atoms with Crippen molar-refractivity contribution >= 4 is 16.3 Å². The molecule has 1 N–H and O–H groups in total. The van der Waals surface area contributed by atoms with Crippen LogP contribution in [0.5, 0.6) is 0 Å². The fourth-order valence-electron chi connectivity index (χ4n) is 3.12. The van der Waals surface area contributed by atoms with E-state index < -0.39 is 6.10 Å². The molecule has 1 fully saturated rings. The summed E-state index contributed by atoms with van der Waals surface area (Å²) in [5.74, 6) is 1.17. The van der Waals surface area contributed by atoms with E-state index in [-0.39, 0.29) is 6.04 Å². The van der Waals surface area contributed by atoms with Crippen molar-refractivity contribution in [2.75, 3.05) is 6.54 Å². The average molecular weight is 334 g/mol. The number of fused-ring (bicyclic) bond motifs is 1. The van der Waals surface area contributed by atoms with Crippen LogP contribution in [0, 0.1) is 20.8 Å². The van der Waals surface area contributed by atoms with Crippen molar-refractivity contribution in [3.63, 3.8) is 0 Å². The Kier molecular flexibility index (Phi) is 3.43. The molecular formula is C14H18N6O2S. The quantitative estimate of drug-likeness (QED) is 0.774. The molecule has 1 saturated heterocycles. The van der Waals surface area contributed by atoms with Crippen LogP contribution >= 0.6 is 11.3 Å². The highest BCUT2D eigenvalue weighted by Crippen LogP contribution is 2.33. The monoisotopic (exact) mass is 334 g/mol. The van der Waals surface area contributed by atoms with Crippen molar-refractivity contribution in [3.8, 4) is 0 Å². The van der Waals surface area contributed by atoms with Gasteiger partial charge in [-0.05, 0) is 27.2 Å². The predicted molar refractivity (Wildman–Crippen MR) is 83.1 cm³/mol. The molecule has 0 amide bonds. The van der Waals surface area contributed by atoms with Gasteiger partial charge in [0, 0.05) is 13.1 Å². The van der Waals surface area contributed by atoms with Crippen molar-refractivity contribution in [1.82, 2.24) is 29.6 Å². The Morgan fingerprint density at radius 3 is 2.87 bits per heavy atom. The summed E-state index contributed by atoms with van der Waals surface area (Å²) in [6, 6.07) is -0.0733. The summed E-state index contributed by atoms with van der Waals surface area (Å²) < 4.78 is 7.22. The number of aromatic nitrogens is 5. The van der Waals surface area contributed by atoms with E-state index in [1.165, 1.54) is 0 Å². The summed E-state index contributed by atoms with van der Waals surface area (Å²) in [7, 11) is 0. The van der Waals surface area contributed by atoms with Gasteiger partial charge >= 0.3 is 0 Å². The highest BCUT2D eigenvalue weighted by molar-refractivity contribution is 7.16. The van der Waals surface area contributed by atoms with Crippen LogP contribution in [-0.2, 0) is 6.54 Å². The lowest BCUT2D eigenvalue weighted by molar-refractivity contribution is 0.168. The summed E-state index contributed by atoms with van der Waals surface area (Å²) >= 11 is 1.58. The van der Waals surface area contributed by atoms with E-state index in [9.17, 15) is 5.11 Å². The van der Waals surface area contributed by atoms with E-state index in [1.807, 2.05) is 18.4 Å². The molecular weight excluding hydrogens is 316 g/mol. The normalized spacial score (nSPS) is 22.4. The molecule has 3 aromatic rings. The minimum atomic E-state index is -0.395. The van der Waals surface area contributed by atoms with Gasteiger partial charge in [0.05, 0.1) is 23.5 Å². The number of aliphatic hydroxyl groups excluding tert-OH is 1. The van der Waals surface area contributed by atoms with Gasteiger partial charge in [0.2, 0.25) is 10.9 Å². The second-order valence-corrected chi connectivity index (χ2v) is 7.13. The number of rotatable bonds is 3. The third-order valence-corrected chi connectivity index (χ3v) is 4.98. The molecule has 1 aliphatic rings. The highest BCUT2D eigenvalue weighted by Gasteiger charge is 2.36. The van der Waals surface area contributed by atoms with Crippen LogP contribution in [-0.4, -0.2) is 47.4 Å². The van der Waals surface area contributed by atoms with Crippen molar-refractivity contribution in [2.24, 2.45) is 0 Å². The van der Waals surface area contributed by atoms with Crippen molar-refractivity contribution < 1.29 is 9.63 Å². The minimum Gasteiger partial charge on any atom is -0.392 e. The first kappa shape index (κ1) is 14.7.